The molecule has 1 N–H and O–H groups in total. The maximum absolute atomic E-state index is 12.1. The predicted molar refractivity (Wildman–Crippen MR) is 76.9 cm³/mol. The summed E-state index contributed by atoms with van der Waals surface area (Å²) in [5.74, 6) is 0.264. The van der Waals surface area contributed by atoms with Gasteiger partial charge in [-0.1, -0.05) is 28.1 Å². The van der Waals surface area contributed by atoms with Crippen molar-refractivity contribution in [2.45, 2.75) is 4.90 Å². The van der Waals surface area contributed by atoms with Crippen molar-refractivity contribution in [3.63, 3.8) is 0 Å². The van der Waals surface area contributed by atoms with Crippen molar-refractivity contribution in [3.8, 4) is 0 Å². The molecule has 0 radical (unpaired) electrons. The highest BCUT2D eigenvalue weighted by Crippen LogP contribution is 2.23. The minimum absolute atomic E-state index is 0.173. The highest BCUT2D eigenvalue weighted by atomic mass is 79.9. The molecule has 0 unspecified atom stereocenters. The molecule has 7 heteroatoms. The van der Waals surface area contributed by atoms with E-state index in [0.717, 1.165) is 4.47 Å². The van der Waals surface area contributed by atoms with Crippen LogP contribution in [0.25, 0.3) is 0 Å². The quantitative estimate of drug-likeness (QED) is 0.872. The molecular weight excluding hydrogens is 384 g/mol. The average molecular weight is 392 g/mol. The minimum atomic E-state index is -3.64. The summed E-state index contributed by atoms with van der Waals surface area (Å²) in [5, 5.41) is 0. The molecule has 4 nitrogen and oxygen atoms in total. The van der Waals surface area contributed by atoms with Crippen molar-refractivity contribution in [1.82, 2.24) is 4.98 Å². The van der Waals surface area contributed by atoms with Crippen molar-refractivity contribution >= 4 is 47.7 Å². The zero-order valence-corrected chi connectivity index (χ0v) is 13.0. The first kappa shape index (κ1) is 13.5. The molecule has 0 aliphatic carbocycles. The number of benzene rings is 1. The Kier molecular flexibility index (Phi) is 4.04. The summed E-state index contributed by atoms with van der Waals surface area (Å²) in [6.45, 7) is 0. The molecule has 18 heavy (non-hydrogen) atoms. The third kappa shape index (κ3) is 3.09. The predicted octanol–water partition coefficient (Wildman–Crippen LogP) is 3.41. The summed E-state index contributed by atoms with van der Waals surface area (Å²) in [7, 11) is -3.64. The van der Waals surface area contributed by atoms with E-state index in [0.29, 0.717) is 4.47 Å². The Bertz CT molecular complexity index is 674. The molecule has 0 aliphatic heterocycles. The van der Waals surface area contributed by atoms with Crippen LogP contribution in [0.15, 0.2) is 56.4 Å². The van der Waals surface area contributed by atoms with Crippen LogP contribution in [0.4, 0.5) is 5.82 Å². The molecule has 0 saturated carbocycles. The first-order valence-corrected chi connectivity index (χ1v) is 7.95. The highest BCUT2D eigenvalue weighted by Gasteiger charge is 2.17. The largest absolute Gasteiger partial charge is 0.264 e. The van der Waals surface area contributed by atoms with E-state index in [1.54, 1.807) is 30.3 Å². The number of rotatable bonds is 3. The smallest absolute Gasteiger partial charge is 0.263 e. The zero-order valence-electron chi connectivity index (χ0n) is 8.97. The fraction of sp³-hybridized carbons (Fsp3) is 0. The summed E-state index contributed by atoms with van der Waals surface area (Å²) in [5.41, 5.74) is 0. The van der Waals surface area contributed by atoms with Crippen LogP contribution in [0.2, 0.25) is 0 Å². The van der Waals surface area contributed by atoms with Crippen LogP contribution in [0.1, 0.15) is 0 Å². The van der Waals surface area contributed by atoms with Gasteiger partial charge in [0.2, 0.25) is 0 Å². The summed E-state index contributed by atoms with van der Waals surface area (Å²) in [6.07, 6.45) is 1.52. The van der Waals surface area contributed by atoms with Crippen LogP contribution in [-0.2, 0) is 10.0 Å². The van der Waals surface area contributed by atoms with E-state index in [4.69, 9.17) is 0 Å². The zero-order chi connectivity index (χ0) is 13.2. The molecule has 2 rings (SSSR count). The molecule has 0 spiro atoms. The molecule has 0 saturated heterocycles. The molecule has 0 atom stereocenters. The molecule has 1 aromatic carbocycles. The number of hydrogen-bond acceptors (Lipinski definition) is 3. The van der Waals surface area contributed by atoms with E-state index in [1.165, 1.54) is 12.3 Å². The molecule has 0 amide bonds. The van der Waals surface area contributed by atoms with Crippen molar-refractivity contribution in [2.75, 3.05) is 4.72 Å². The summed E-state index contributed by atoms with van der Waals surface area (Å²) < 4.78 is 28.0. The fourth-order valence-electron chi connectivity index (χ4n) is 1.32. The monoisotopic (exact) mass is 390 g/mol. The maximum Gasteiger partial charge on any atom is 0.264 e. The second-order valence-electron chi connectivity index (χ2n) is 3.40. The molecule has 0 fully saturated rings. The van der Waals surface area contributed by atoms with Gasteiger partial charge in [0.15, 0.2) is 0 Å². The van der Waals surface area contributed by atoms with Crippen LogP contribution < -0.4 is 4.72 Å². The number of sulfonamides is 1. The molecule has 0 aliphatic rings. The van der Waals surface area contributed by atoms with E-state index in [-0.39, 0.29) is 10.7 Å². The van der Waals surface area contributed by atoms with Crippen LogP contribution >= 0.6 is 31.9 Å². The maximum atomic E-state index is 12.1. The Labute approximate surface area is 122 Å². The highest BCUT2D eigenvalue weighted by molar-refractivity contribution is 9.10. The van der Waals surface area contributed by atoms with Gasteiger partial charge in [-0.15, -0.1) is 0 Å². The Morgan fingerprint density at radius 1 is 1.11 bits per heavy atom. The summed E-state index contributed by atoms with van der Waals surface area (Å²) in [4.78, 5) is 4.12. The average Bonchev–Trinajstić information content (AvgIpc) is 2.28. The topological polar surface area (TPSA) is 59.1 Å². The van der Waals surface area contributed by atoms with Crippen LogP contribution in [-0.4, -0.2) is 13.4 Å². The van der Waals surface area contributed by atoms with E-state index >= 15 is 0 Å². The number of hydrogen-bond donors (Lipinski definition) is 1. The van der Waals surface area contributed by atoms with Gasteiger partial charge in [0.1, 0.15) is 10.7 Å². The van der Waals surface area contributed by atoms with Crippen LogP contribution in [0.3, 0.4) is 0 Å². The Morgan fingerprint density at radius 2 is 1.83 bits per heavy atom. The molecule has 2 aromatic rings. The Hall–Kier alpha value is -0.920. The summed E-state index contributed by atoms with van der Waals surface area (Å²) >= 11 is 6.47. The minimum Gasteiger partial charge on any atom is -0.263 e. The number of nitrogens with one attached hydrogen (secondary N) is 1. The number of anilines is 1. The second kappa shape index (κ2) is 5.38. The second-order valence-corrected chi connectivity index (χ2v) is 6.82. The van der Waals surface area contributed by atoms with Crippen LogP contribution in [0.5, 0.6) is 0 Å². The first-order valence-electron chi connectivity index (χ1n) is 4.88. The number of aromatic nitrogens is 1. The molecule has 0 bridgehead atoms. The van der Waals surface area contributed by atoms with Gasteiger partial charge in [-0.05, 0) is 40.2 Å². The van der Waals surface area contributed by atoms with E-state index in [1.807, 2.05) is 0 Å². The van der Waals surface area contributed by atoms with Gasteiger partial charge >= 0.3 is 0 Å². The lowest BCUT2D eigenvalue weighted by Crippen LogP contribution is -2.14. The van der Waals surface area contributed by atoms with Gasteiger partial charge in [0, 0.05) is 15.1 Å². The molecule has 1 heterocycles. The first-order chi connectivity index (χ1) is 8.49. The van der Waals surface area contributed by atoms with Crippen molar-refractivity contribution < 1.29 is 8.42 Å². The van der Waals surface area contributed by atoms with Gasteiger partial charge in [0.25, 0.3) is 10.0 Å². The number of pyridine rings is 1. The number of halogens is 2. The summed E-state index contributed by atoms with van der Waals surface area (Å²) in [6, 6.07) is 9.91. The van der Waals surface area contributed by atoms with E-state index in [9.17, 15) is 8.42 Å². The van der Waals surface area contributed by atoms with Gasteiger partial charge < -0.3 is 0 Å². The molecule has 1 aromatic heterocycles. The lowest BCUT2D eigenvalue weighted by Gasteiger charge is -2.08. The van der Waals surface area contributed by atoms with Gasteiger partial charge in [-0.3, -0.25) is 4.72 Å². The lowest BCUT2D eigenvalue weighted by atomic mass is 10.4. The SMILES string of the molecule is O=S(=O)(Nc1cc(Br)ccn1)c1ccccc1Br. The number of nitrogens with zero attached hydrogens (tertiary/aromatic N) is 1. The third-order valence-electron chi connectivity index (χ3n) is 2.09. The van der Waals surface area contributed by atoms with Gasteiger partial charge in [-0.25, -0.2) is 13.4 Å². The third-order valence-corrected chi connectivity index (χ3v) is 4.95. The van der Waals surface area contributed by atoms with E-state index in [2.05, 4.69) is 41.6 Å². The standard InChI is InChI=1S/C11H8Br2N2O2S/c12-8-5-6-14-11(7-8)15-18(16,17)10-4-2-1-3-9(10)13/h1-7H,(H,14,15). The van der Waals surface area contributed by atoms with Crippen molar-refractivity contribution in [3.05, 3.63) is 51.5 Å². The van der Waals surface area contributed by atoms with Gasteiger partial charge in [-0.2, -0.15) is 0 Å². The Balaban J connectivity index is 2.37. The van der Waals surface area contributed by atoms with E-state index < -0.39 is 10.0 Å². The lowest BCUT2D eigenvalue weighted by molar-refractivity contribution is 0.600. The Morgan fingerprint density at radius 3 is 2.50 bits per heavy atom. The fourth-order valence-corrected chi connectivity index (χ4v) is 3.65. The normalized spacial score (nSPS) is 11.2. The van der Waals surface area contributed by atoms with Crippen molar-refractivity contribution in [1.29, 1.82) is 0 Å². The van der Waals surface area contributed by atoms with Crippen molar-refractivity contribution in [2.24, 2.45) is 0 Å². The molecule has 94 valence electrons. The van der Waals surface area contributed by atoms with Gasteiger partial charge in [0.05, 0.1) is 0 Å². The van der Waals surface area contributed by atoms with Crippen LogP contribution in [0, 0.1) is 0 Å². The molecular formula is C11H8Br2N2O2S.